The highest BCUT2D eigenvalue weighted by Gasteiger charge is 2.66. The van der Waals surface area contributed by atoms with E-state index in [1.165, 1.54) is 6.26 Å². The SMILES string of the molecule is CC1(C)[C@H](C(=O)O)[C@@H]1C(=O)N1CCN(C(=O)c2ccco2)CC1. The number of amides is 2. The van der Waals surface area contributed by atoms with E-state index < -0.39 is 23.2 Å². The molecule has 2 heterocycles. The van der Waals surface area contributed by atoms with Gasteiger partial charge in [0, 0.05) is 26.2 Å². The molecule has 23 heavy (non-hydrogen) atoms. The summed E-state index contributed by atoms with van der Waals surface area (Å²) in [6.07, 6.45) is 1.45. The third kappa shape index (κ3) is 2.60. The lowest BCUT2D eigenvalue weighted by molar-refractivity contribution is -0.142. The minimum absolute atomic E-state index is 0.118. The fourth-order valence-corrected chi connectivity index (χ4v) is 3.44. The van der Waals surface area contributed by atoms with Gasteiger partial charge in [0.25, 0.3) is 5.91 Å². The van der Waals surface area contributed by atoms with Gasteiger partial charge in [-0.2, -0.15) is 0 Å². The van der Waals surface area contributed by atoms with Crippen LogP contribution in [0.5, 0.6) is 0 Å². The summed E-state index contributed by atoms with van der Waals surface area (Å²) in [5.41, 5.74) is -0.496. The van der Waals surface area contributed by atoms with Crippen LogP contribution >= 0.6 is 0 Å². The molecular formula is C16H20N2O5. The molecule has 0 radical (unpaired) electrons. The van der Waals surface area contributed by atoms with Gasteiger partial charge in [0.1, 0.15) is 0 Å². The van der Waals surface area contributed by atoms with Crippen LogP contribution in [0.25, 0.3) is 0 Å². The number of carboxylic acid groups (broad SMARTS) is 1. The van der Waals surface area contributed by atoms with Crippen LogP contribution in [0.1, 0.15) is 24.4 Å². The second-order valence-corrected chi connectivity index (χ2v) is 6.71. The molecule has 0 bridgehead atoms. The molecule has 1 aliphatic heterocycles. The van der Waals surface area contributed by atoms with E-state index in [0.717, 1.165) is 0 Å². The summed E-state index contributed by atoms with van der Waals surface area (Å²) in [6.45, 7) is 5.32. The van der Waals surface area contributed by atoms with Crippen molar-refractivity contribution in [1.29, 1.82) is 0 Å². The summed E-state index contributed by atoms with van der Waals surface area (Å²) < 4.78 is 5.10. The zero-order valence-electron chi connectivity index (χ0n) is 13.2. The third-order valence-corrected chi connectivity index (χ3v) is 4.97. The van der Waals surface area contributed by atoms with Gasteiger partial charge in [-0.25, -0.2) is 0 Å². The van der Waals surface area contributed by atoms with Crippen LogP contribution in [0.3, 0.4) is 0 Å². The number of aliphatic carboxylic acids is 1. The minimum Gasteiger partial charge on any atom is -0.481 e. The summed E-state index contributed by atoms with van der Waals surface area (Å²) in [5.74, 6) is -2.01. The van der Waals surface area contributed by atoms with Crippen molar-refractivity contribution >= 4 is 17.8 Å². The van der Waals surface area contributed by atoms with Crippen LogP contribution in [0.15, 0.2) is 22.8 Å². The highest BCUT2D eigenvalue weighted by atomic mass is 16.4. The molecule has 124 valence electrons. The molecule has 0 spiro atoms. The van der Waals surface area contributed by atoms with Gasteiger partial charge in [0.05, 0.1) is 18.1 Å². The van der Waals surface area contributed by atoms with E-state index in [2.05, 4.69) is 0 Å². The first-order valence-electron chi connectivity index (χ1n) is 7.68. The number of carbonyl (C=O) groups is 3. The molecule has 1 aliphatic carbocycles. The van der Waals surface area contributed by atoms with Crippen molar-refractivity contribution in [3.05, 3.63) is 24.2 Å². The number of hydrogen-bond donors (Lipinski definition) is 1. The van der Waals surface area contributed by atoms with Crippen molar-refractivity contribution in [2.75, 3.05) is 26.2 Å². The number of carboxylic acids is 1. The molecule has 1 saturated carbocycles. The molecule has 1 aromatic rings. The Balaban J connectivity index is 1.58. The van der Waals surface area contributed by atoms with Crippen LogP contribution in [-0.4, -0.2) is 58.9 Å². The van der Waals surface area contributed by atoms with Gasteiger partial charge in [-0.1, -0.05) is 13.8 Å². The standard InChI is InChI=1S/C16H20N2O5/c1-16(2)11(12(16)15(21)22)14(20)18-7-5-17(6-8-18)13(19)10-4-3-9-23-10/h3-4,9,11-12H,5-8H2,1-2H3,(H,21,22)/t11-,12+/m1/s1. The van der Waals surface area contributed by atoms with E-state index in [-0.39, 0.29) is 11.8 Å². The molecule has 1 aromatic heterocycles. The van der Waals surface area contributed by atoms with Crippen LogP contribution in [0, 0.1) is 17.3 Å². The summed E-state index contributed by atoms with van der Waals surface area (Å²) in [5, 5.41) is 9.19. The van der Waals surface area contributed by atoms with Gasteiger partial charge in [-0.15, -0.1) is 0 Å². The Hall–Kier alpha value is -2.31. The zero-order valence-corrected chi connectivity index (χ0v) is 13.2. The number of furan rings is 1. The molecule has 0 aromatic carbocycles. The molecule has 2 atom stereocenters. The summed E-state index contributed by atoms with van der Waals surface area (Å²) in [4.78, 5) is 39.2. The van der Waals surface area contributed by atoms with Crippen LogP contribution < -0.4 is 0 Å². The molecule has 3 rings (SSSR count). The molecule has 0 unspecified atom stereocenters. The lowest BCUT2D eigenvalue weighted by Gasteiger charge is -2.34. The molecule has 7 nitrogen and oxygen atoms in total. The highest BCUT2D eigenvalue weighted by molar-refractivity contribution is 5.93. The smallest absolute Gasteiger partial charge is 0.307 e. The Bertz CT molecular complexity index is 629. The lowest BCUT2D eigenvalue weighted by Crippen LogP contribution is -2.51. The van der Waals surface area contributed by atoms with Crippen molar-refractivity contribution in [3.8, 4) is 0 Å². The fraction of sp³-hybridized carbons (Fsp3) is 0.562. The Labute approximate surface area is 133 Å². The first-order chi connectivity index (χ1) is 10.8. The molecule has 1 saturated heterocycles. The number of hydrogen-bond acceptors (Lipinski definition) is 4. The Morgan fingerprint density at radius 2 is 1.74 bits per heavy atom. The van der Waals surface area contributed by atoms with Crippen LogP contribution in [0.2, 0.25) is 0 Å². The molecule has 1 N–H and O–H groups in total. The Morgan fingerprint density at radius 1 is 1.13 bits per heavy atom. The van der Waals surface area contributed by atoms with Crippen molar-refractivity contribution in [2.24, 2.45) is 17.3 Å². The van der Waals surface area contributed by atoms with Gasteiger partial charge in [0.15, 0.2) is 5.76 Å². The Kier molecular flexibility index (Phi) is 3.66. The van der Waals surface area contributed by atoms with Gasteiger partial charge >= 0.3 is 5.97 Å². The van der Waals surface area contributed by atoms with Gasteiger partial charge in [0.2, 0.25) is 5.91 Å². The number of carbonyl (C=O) groups excluding carboxylic acids is 2. The number of piperazine rings is 1. The predicted octanol–water partition coefficient (Wildman–Crippen LogP) is 0.921. The van der Waals surface area contributed by atoms with Crippen molar-refractivity contribution < 1.29 is 23.9 Å². The normalized spacial score (nSPS) is 26.0. The van der Waals surface area contributed by atoms with E-state index in [4.69, 9.17) is 4.42 Å². The maximum atomic E-state index is 12.5. The van der Waals surface area contributed by atoms with Crippen molar-refractivity contribution in [3.63, 3.8) is 0 Å². The first kappa shape index (κ1) is 15.6. The highest BCUT2D eigenvalue weighted by Crippen LogP contribution is 2.59. The molecular weight excluding hydrogens is 300 g/mol. The van der Waals surface area contributed by atoms with Gasteiger partial charge in [-0.05, 0) is 17.5 Å². The maximum absolute atomic E-state index is 12.5. The first-order valence-corrected chi connectivity index (χ1v) is 7.68. The number of rotatable bonds is 3. The summed E-state index contributed by atoms with van der Waals surface area (Å²) in [6, 6.07) is 3.28. The Morgan fingerprint density at radius 3 is 2.22 bits per heavy atom. The second-order valence-electron chi connectivity index (χ2n) is 6.71. The monoisotopic (exact) mass is 320 g/mol. The largest absolute Gasteiger partial charge is 0.481 e. The number of nitrogens with zero attached hydrogens (tertiary/aromatic N) is 2. The van der Waals surface area contributed by atoms with E-state index in [0.29, 0.717) is 31.9 Å². The fourth-order valence-electron chi connectivity index (χ4n) is 3.44. The van der Waals surface area contributed by atoms with E-state index >= 15 is 0 Å². The zero-order chi connectivity index (χ0) is 16.8. The van der Waals surface area contributed by atoms with E-state index in [1.807, 2.05) is 13.8 Å². The van der Waals surface area contributed by atoms with Crippen LogP contribution in [-0.2, 0) is 9.59 Å². The average molecular weight is 320 g/mol. The van der Waals surface area contributed by atoms with E-state index in [1.54, 1.807) is 21.9 Å². The van der Waals surface area contributed by atoms with Crippen LogP contribution in [0.4, 0.5) is 0 Å². The van der Waals surface area contributed by atoms with Crippen molar-refractivity contribution in [2.45, 2.75) is 13.8 Å². The van der Waals surface area contributed by atoms with Gasteiger partial charge in [-0.3, -0.25) is 14.4 Å². The lowest BCUT2D eigenvalue weighted by atomic mass is 10.1. The minimum atomic E-state index is -0.917. The maximum Gasteiger partial charge on any atom is 0.307 e. The summed E-state index contributed by atoms with van der Waals surface area (Å²) in [7, 11) is 0. The molecule has 2 amide bonds. The third-order valence-electron chi connectivity index (χ3n) is 4.97. The van der Waals surface area contributed by atoms with E-state index in [9.17, 15) is 19.5 Å². The molecule has 2 aliphatic rings. The summed E-state index contributed by atoms with van der Waals surface area (Å²) >= 11 is 0. The average Bonchev–Trinajstić information content (AvgIpc) is 2.90. The molecule has 2 fully saturated rings. The second kappa shape index (κ2) is 5.40. The quantitative estimate of drug-likeness (QED) is 0.894. The molecule has 7 heteroatoms. The van der Waals surface area contributed by atoms with Crippen molar-refractivity contribution in [1.82, 2.24) is 9.80 Å². The predicted molar refractivity (Wildman–Crippen MR) is 79.6 cm³/mol. The van der Waals surface area contributed by atoms with Gasteiger partial charge < -0.3 is 19.3 Å². The topological polar surface area (TPSA) is 91.1 Å².